The summed E-state index contributed by atoms with van der Waals surface area (Å²) >= 11 is 0. The maximum absolute atomic E-state index is 11.3. The van der Waals surface area contributed by atoms with Crippen LogP contribution >= 0.6 is 0 Å². The van der Waals surface area contributed by atoms with E-state index in [0.717, 1.165) is 22.2 Å². The van der Waals surface area contributed by atoms with E-state index in [-0.39, 0.29) is 10.6 Å². The molecule has 0 saturated carbocycles. The number of hydrogen-bond donors (Lipinski definition) is 1. The van der Waals surface area contributed by atoms with Gasteiger partial charge in [0.05, 0.1) is 11.5 Å². The van der Waals surface area contributed by atoms with Gasteiger partial charge in [-0.1, -0.05) is 30.3 Å². The number of benzene rings is 2. The lowest BCUT2D eigenvalue weighted by Gasteiger charge is -2.02. The molecule has 5 nitrogen and oxygen atoms in total. The van der Waals surface area contributed by atoms with Gasteiger partial charge in [0.25, 0.3) is 5.69 Å². The van der Waals surface area contributed by atoms with Crippen molar-refractivity contribution in [2.75, 3.05) is 13.7 Å². The van der Waals surface area contributed by atoms with Crippen LogP contribution < -0.4 is 0 Å². The van der Waals surface area contributed by atoms with E-state index < -0.39 is 0 Å². The standard InChI is InChI=1S/C17H16N2O3/c1-22-8-7-12-9-14-11-15(13-5-3-2-4-6-13)18-17(14)16(10-12)19(20)21/h2-6,9-11,18H,7-8H2,1H3. The van der Waals surface area contributed by atoms with Crippen LogP contribution in [0, 0.1) is 10.1 Å². The number of rotatable bonds is 5. The van der Waals surface area contributed by atoms with E-state index in [1.165, 1.54) is 0 Å². The van der Waals surface area contributed by atoms with E-state index in [1.54, 1.807) is 13.2 Å². The number of methoxy groups -OCH3 is 1. The number of nitro groups is 1. The number of H-pyrrole nitrogens is 1. The molecule has 0 aliphatic heterocycles. The van der Waals surface area contributed by atoms with E-state index in [9.17, 15) is 10.1 Å². The van der Waals surface area contributed by atoms with Gasteiger partial charge in [-0.15, -0.1) is 0 Å². The largest absolute Gasteiger partial charge is 0.384 e. The van der Waals surface area contributed by atoms with Gasteiger partial charge in [0, 0.05) is 24.3 Å². The smallest absolute Gasteiger partial charge is 0.293 e. The zero-order valence-corrected chi connectivity index (χ0v) is 12.2. The quantitative estimate of drug-likeness (QED) is 0.573. The zero-order valence-electron chi connectivity index (χ0n) is 12.2. The summed E-state index contributed by atoms with van der Waals surface area (Å²) in [5.74, 6) is 0. The minimum Gasteiger partial charge on any atom is -0.384 e. The Morgan fingerprint density at radius 1 is 1.18 bits per heavy atom. The third-order valence-electron chi connectivity index (χ3n) is 3.64. The zero-order chi connectivity index (χ0) is 15.5. The number of aromatic nitrogens is 1. The van der Waals surface area contributed by atoms with Crippen molar-refractivity contribution in [3.63, 3.8) is 0 Å². The highest BCUT2D eigenvalue weighted by molar-refractivity contribution is 5.93. The first-order valence-corrected chi connectivity index (χ1v) is 7.03. The Kier molecular flexibility index (Phi) is 3.89. The molecule has 0 spiro atoms. The minimum atomic E-state index is -0.343. The Morgan fingerprint density at radius 3 is 2.64 bits per heavy atom. The van der Waals surface area contributed by atoms with Crippen molar-refractivity contribution in [2.24, 2.45) is 0 Å². The first-order valence-electron chi connectivity index (χ1n) is 7.03. The molecular formula is C17H16N2O3. The molecule has 112 valence electrons. The second-order valence-corrected chi connectivity index (χ2v) is 5.13. The monoisotopic (exact) mass is 296 g/mol. The summed E-state index contributed by atoms with van der Waals surface area (Å²) in [6.45, 7) is 0.540. The summed E-state index contributed by atoms with van der Waals surface area (Å²) in [4.78, 5) is 14.2. The summed E-state index contributed by atoms with van der Waals surface area (Å²) in [5.41, 5.74) is 3.45. The van der Waals surface area contributed by atoms with Gasteiger partial charge >= 0.3 is 0 Å². The van der Waals surface area contributed by atoms with Gasteiger partial charge in [-0.05, 0) is 29.7 Å². The number of nitrogens with one attached hydrogen (secondary N) is 1. The Bertz CT molecular complexity index is 809. The number of ether oxygens (including phenoxy) is 1. The molecule has 1 N–H and O–H groups in total. The number of hydrogen-bond acceptors (Lipinski definition) is 3. The van der Waals surface area contributed by atoms with E-state index in [2.05, 4.69) is 4.98 Å². The van der Waals surface area contributed by atoms with Crippen LogP contribution in [0.3, 0.4) is 0 Å². The first kappa shape index (κ1) is 14.3. The first-order chi connectivity index (χ1) is 10.7. The van der Waals surface area contributed by atoms with Crippen LogP contribution in [0.5, 0.6) is 0 Å². The highest BCUT2D eigenvalue weighted by Gasteiger charge is 2.17. The molecule has 2 aromatic carbocycles. The predicted octanol–water partition coefficient (Wildman–Crippen LogP) is 3.93. The van der Waals surface area contributed by atoms with Crippen LogP contribution in [0.1, 0.15) is 5.56 Å². The summed E-state index contributed by atoms with van der Waals surface area (Å²) in [6.07, 6.45) is 0.652. The molecule has 3 aromatic rings. The fraction of sp³-hybridized carbons (Fsp3) is 0.176. The van der Waals surface area contributed by atoms with Crippen LogP contribution in [0.2, 0.25) is 0 Å². The molecule has 0 saturated heterocycles. The van der Waals surface area contributed by atoms with Gasteiger partial charge in [0.1, 0.15) is 5.52 Å². The summed E-state index contributed by atoms with van der Waals surface area (Å²) in [6, 6.07) is 15.3. The van der Waals surface area contributed by atoms with Crippen LogP contribution in [-0.2, 0) is 11.2 Å². The van der Waals surface area contributed by atoms with Crippen molar-refractivity contribution in [1.29, 1.82) is 0 Å². The van der Waals surface area contributed by atoms with Gasteiger partial charge in [-0.25, -0.2) is 0 Å². The Hall–Kier alpha value is -2.66. The van der Waals surface area contributed by atoms with E-state index >= 15 is 0 Å². The van der Waals surface area contributed by atoms with Gasteiger partial charge in [0.15, 0.2) is 0 Å². The molecular weight excluding hydrogens is 280 g/mol. The molecule has 0 unspecified atom stereocenters. The number of nitro benzene ring substituents is 1. The number of fused-ring (bicyclic) bond motifs is 1. The van der Waals surface area contributed by atoms with E-state index in [0.29, 0.717) is 18.5 Å². The van der Waals surface area contributed by atoms with Crippen LogP contribution in [-0.4, -0.2) is 23.6 Å². The SMILES string of the molecule is COCCc1cc([N+](=O)[O-])c2[nH]c(-c3ccccc3)cc2c1. The highest BCUT2D eigenvalue weighted by Crippen LogP contribution is 2.31. The maximum Gasteiger partial charge on any atom is 0.293 e. The Labute approximate surface area is 127 Å². The molecule has 0 aliphatic rings. The van der Waals surface area contributed by atoms with Gasteiger partial charge in [-0.3, -0.25) is 10.1 Å². The Balaban J connectivity index is 2.13. The molecule has 0 bridgehead atoms. The lowest BCUT2D eigenvalue weighted by molar-refractivity contribution is -0.383. The third kappa shape index (κ3) is 2.71. The van der Waals surface area contributed by atoms with Crippen molar-refractivity contribution >= 4 is 16.6 Å². The molecule has 22 heavy (non-hydrogen) atoms. The highest BCUT2D eigenvalue weighted by atomic mass is 16.6. The molecule has 0 radical (unpaired) electrons. The van der Waals surface area contributed by atoms with Crippen molar-refractivity contribution < 1.29 is 9.66 Å². The van der Waals surface area contributed by atoms with Crippen molar-refractivity contribution in [1.82, 2.24) is 4.98 Å². The van der Waals surface area contributed by atoms with Crippen molar-refractivity contribution in [3.8, 4) is 11.3 Å². The normalized spacial score (nSPS) is 11.0. The van der Waals surface area contributed by atoms with Gasteiger partial charge < -0.3 is 9.72 Å². The summed E-state index contributed by atoms with van der Waals surface area (Å²) < 4.78 is 5.06. The average molecular weight is 296 g/mol. The van der Waals surface area contributed by atoms with Crippen LogP contribution in [0.15, 0.2) is 48.5 Å². The number of nitrogens with zero attached hydrogens (tertiary/aromatic N) is 1. The van der Waals surface area contributed by atoms with E-state index in [4.69, 9.17) is 4.74 Å². The van der Waals surface area contributed by atoms with Crippen molar-refractivity contribution in [2.45, 2.75) is 6.42 Å². The average Bonchev–Trinajstić information content (AvgIpc) is 2.96. The number of non-ortho nitro benzene ring substituents is 1. The molecule has 0 atom stereocenters. The van der Waals surface area contributed by atoms with Gasteiger partial charge in [-0.2, -0.15) is 0 Å². The fourth-order valence-corrected chi connectivity index (χ4v) is 2.57. The van der Waals surface area contributed by atoms with Gasteiger partial charge in [0.2, 0.25) is 0 Å². The summed E-state index contributed by atoms with van der Waals surface area (Å²) in [5, 5.41) is 12.2. The maximum atomic E-state index is 11.3. The molecule has 0 fully saturated rings. The molecule has 0 amide bonds. The molecule has 5 heteroatoms. The molecule has 3 rings (SSSR count). The molecule has 1 aromatic heterocycles. The number of aromatic amines is 1. The predicted molar refractivity (Wildman–Crippen MR) is 86.0 cm³/mol. The third-order valence-corrected chi connectivity index (χ3v) is 3.64. The fourth-order valence-electron chi connectivity index (χ4n) is 2.57. The molecule has 1 heterocycles. The van der Waals surface area contributed by atoms with Crippen molar-refractivity contribution in [3.05, 3.63) is 64.2 Å². The Morgan fingerprint density at radius 2 is 1.95 bits per heavy atom. The van der Waals surface area contributed by atoms with Crippen LogP contribution in [0.25, 0.3) is 22.2 Å². The minimum absolute atomic E-state index is 0.103. The molecule has 0 aliphatic carbocycles. The summed E-state index contributed by atoms with van der Waals surface area (Å²) in [7, 11) is 1.62. The lowest BCUT2D eigenvalue weighted by Crippen LogP contribution is -1.97. The topological polar surface area (TPSA) is 68.2 Å². The van der Waals surface area contributed by atoms with E-state index in [1.807, 2.05) is 42.5 Å². The van der Waals surface area contributed by atoms with Crippen LogP contribution in [0.4, 0.5) is 5.69 Å². The second-order valence-electron chi connectivity index (χ2n) is 5.13. The lowest BCUT2D eigenvalue weighted by atomic mass is 10.1. The second kappa shape index (κ2) is 5.99.